The first-order valence-electron chi connectivity index (χ1n) is 8.03. The van der Waals surface area contributed by atoms with Gasteiger partial charge in [0, 0.05) is 12.2 Å². The van der Waals surface area contributed by atoms with E-state index in [1.807, 2.05) is 24.3 Å². The number of nitrogen functional groups attached to an aromatic ring is 1. The molecule has 0 aromatic heterocycles. The molecule has 0 radical (unpaired) electrons. The number of allylic oxidation sites excluding steroid dienone is 1. The lowest BCUT2D eigenvalue weighted by Gasteiger charge is -2.17. The average molecular weight is 284 g/mol. The van der Waals surface area contributed by atoms with Gasteiger partial charge in [0.1, 0.15) is 0 Å². The first-order valence-corrected chi connectivity index (χ1v) is 8.03. The molecule has 1 fully saturated rings. The van der Waals surface area contributed by atoms with Crippen molar-refractivity contribution in [3.63, 3.8) is 0 Å². The summed E-state index contributed by atoms with van der Waals surface area (Å²) >= 11 is 0. The van der Waals surface area contributed by atoms with Crippen molar-refractivity contribution in [2.75, 3.05) is 12.3 Å². The van der Waals surface area contributed by atoms with Crippen LogP contribution < -0.4 is 11.1 Å². The Hall–Kier alpha value is -1.77. The molecule has 0 bridgehead atoms. The molecule has 3 rings (SSSR count). The molecule has 0 spiro atoms. The second-order valence-electron chi connectivity index (χ2n) is 6.32. The normalized spacial score (nSPS) is 19.7. The molecule has 0 heterocycles. The standard InChI is InChI=1S/C18H24N2O/c19-16-8-6-15(7-9-16)18(11-12-18)17(21)20-13-10-14-4-2-1-3-5-14/h4,6-9H,1-3,5,10-13,19H2,(H,20,21). The van der Waals surface area contributed by atoms with E-state index in [9.17, 15) is 4.79 Å². The zero-order valence-corrected chi connectivity index (χ0v) is 12.5. The summed E-state index contributed by atoms with van der Waals surface area (Å²) in [7, 11) is 0. The minimum absolute atomic E-state index is 0.184. The molecule has 1 saturated carbocycles. The molecule has 1 aromatic rings. The van der Waals surface area contributed by atoms with Gasteiger partial charge in [-0.1, -0.05) is 23.8 Å². The number of rotatable bonds is 5. The van der Waals surface area contributed by atoms with Gasteiger partial charge >= 0.3 is 0 Å². The fourth-order valence-electron chi connectivity index (χ4n) is 3.21. The van der Waals surface area contributed by atoms with Gasteiger partial charge in [0.15, 0.2) is 0 Å². The van der Waals surface area contributed by atoms with Crippen molar-refractivity contribution >= 4 is 11.6 Å². The predicted molar refractivity (Wildman–Crippen MR) is 85.9 cm³/mol. The van der Waals surface area contributed by atoms with Gasteiger partial charge in [-0.15, -0.1) is 0 Å². The van der Waals surface area contributed by atoms with Crippen molar-refractivity contribution in [3.05, 3.63) is 41.5 Å². The lowest BCUT2D eigenvalue weighted by molar-refractivity contribution is -0.123. The van der Waals surface area contributed by atoms with E-state index in [1.165, 1.54) is 31.3 Å². The highest BCUT2D eigenvalue weighted by atomic mass is 16.2. The fraction of sp³-hybridized carbons (Fsp3) is 0.500. The van der Waals surface area contributed by atoms with E-state index in [-0.39, 0.29) is 11.3 Å². The largest absolute Gasteiger partial charge is 0.399 e. The Labute approximate surface area is 126 Å². The summed E-state index contributed by atoms with van der Waals surface area (Å²) in [5.74, 6) is 0.184. The van der Waals surface area contributed by atoms with Gasteiger partial charge < -0.3 is 11.1 Å². The quantitative estimate of drug-likeness (QED) is 0.644. The Bertz CT molecular complexity index is 541. The molecule has 3 N–H and O–H groups in total. The van der Waals surface area contributed by atoms with Gasteiger partial charge in [-0.2, -0.15) is 0 Å². The lowest BCUT2D eigenvalue weighted by atomic mass is 9.94. The van der Waals surface area contributed by atoms with E-state index < -0.39 is 0 Å². The van der Waals surface area contributed by atoms with Gasteiger partial charge in [-0.05, 0) is 62.6 Å². The predicted octanol–water partition coefficient (Wildman–Crippen LogP) is 3.31. The van der Waals surface area contributed by atoms with Crippen LogP contribution in [0.4, 0.5) is 5.69 Å². The smallest absolute Gasteiger partial charge is 0.230 e. The van der Waals surface area contributed by atoms with Crippen LogP contribution >= 0.6 is 0 Å². The number of hydrogen-bond donors (Lipinski definition) is 2. The number of nitrogens with two attached hydrogens (primary N) is 1. The van der Waals surface area contributed by atoms with Crippen molar-refractivity contribution in [2.45, 2.75) is 50.4 Å². The number of benzene rings is 1. The Balaban J connectivity index is 1.55. The maximum atomic E-state index is 12.5. The maximum Gasteiger partial charge on any atom is 0.230 e. The highest BCUT2D eigenvalue weighted by Crippen LogP contribution is 2.48. The molecule has 0 aliphatic heterocycles. The van der Waals surface area contributed by atoms with E-state index >= 15 is 0 Å². The zero-order chi connectivity index (χ0) is 14.7. The molecule has 112 valence electrons. The second kappa shape index (κ2) is 5.92. The van der Waals surface area contributed by atoms with E-state index in [1.54, 1.807) is 0 Å². The Morgan fingerprint density at radius 2 is 1.95 bits per heavy atom. The number of hydrogen-bond acceptors (Lipinski definition) is 2. The second-order valence-corrected chi connectivity index (χ2v) is 6.32. The number of amides is 1. The molecule has 3 nitrogen and oxygen atoms in total. The van der Waals surface area contributed by atoms with Gasteiger partial charge in [0.05, 0.1) is 5.41 Å². The summed E-state index contributed by atoms with van der Waals surface area (Å²) in [5.41, 5.74) is 8.80. The molecule has 1 amide bonds. The SMILES string of the molecule is Nc1ccc(C2(C(=O)NCCC3=CCCCC3)CC2)cc1. The number of nitrogens with one attached hydrogen (secondary N) is 1. The summed E-state index contributed by atoms with van der Waals surface area (Å²) in [6.07, 6.45) is 10.3. The minimum Gasteiger partial charge on any atom is -0.399 e. The van der Waals surface area contributed by atoms with Crippen LogP contribution in [-0.2, 0) is 10.2 Å². The third-order valence-corrected chi connectivity index (χ3v) is 4.76. The van der Waals surface area contributed by atoms with Crippen LogP contribution in [0.2, 0.25) is 0 Å². The molecular formula is C18H24N2O. The minimum atomic E-state index is -0.283. The van der Waals surface area contributed by atoms with Crippen molar-refractivity contribution in [2.24, 2.45) is 0 Å². The van der Waals surface area contributed by atoms with E-state index in [0.29, 0.717) is 0 Å². The van der Waals surface area contributed by atoms with Crippen LogP contribution in [0.15, 0.2) is 35.9 Å². The van der Waals surface area contributed by atoms with Crippen LogP contribution in [0.25, 0.3) is 0 Å². The van der Waals surface area contributed by atoms with E-state index in [2.05, 4.69) is 11.4 Å². The average Bonchev–Trinajstić information content (AvgIpc) is 3.31. The monoisotopic (exact) mass is 284 g/mol. The first-order chi connectivity index (χ1) is 10.2. The molecule has 2 aliphatic carbocycles. The third-order valence-electron chi connectivity index (χ3n) is 4.76. The topological polar surface area (TPSA) is 55.1 Å². The van der Waals surface area contributed by atoms with Crippen LogP contribution in [0.3, 0.4) is 0 Å². The van der Waals surface area contributed by atoms with Crippen LogP contribution in [0.5, 0.6) is 0 Å². The fourth-order valence-corrected chi connectivity index (χ4v) is 3.21. The van der Waals surface area contributed by atoms with E-state index in [4.69, 9.17) is 5.73 Å². The van der Waals surface area contributed by atoms with Gasteiger partial charge in [-0.25, -0.2) is 0 Å². The number of anilines is 1. The molecular weight excluding hydrogens is 260 g/mol. The van der Waals surface area contributed by atoms with Crippen molar-refractivity contribution in [1.29, 1.82) is 0 Å². The molecule has 21 heavy (non-hydrogen) atoms. The summed E-state index contributed by atoms with van der Waals surface area (Å²) in [6, 6.07) is 7.75. The van der Waals surface area contributed by atoms with Gasteiger partial charge in [0.25, 0.3) is 0 Å². The molecule has 0 atom stereocenters. The summed E-state index contributed by atoms with van der Waals surface area (Å²) in [5, 5.41) is 3.13. The molecule has 3 heteroatoms. The Kier molecular flexibility index (Phi) is 4.00. The summed E-state index contributed by atoms with van der Waals surface area (Å²) in [6.45, 7) is 0.765. The van der Waals surface area contributed by atoms with Crippen molar-refractivity contribution in [3.8, 4) is 0 Å². The molecule has 0 unspecified atom stereocenters. The molecule has 2 aliphatic rings. The van der Waals surface area contributed by atoms with Crippen LogP contribution in [0, 0.1) is 0 Å². The zero-order valence-electron chi connectivity index (χ0n) is 12.5. The van der Waals surface area contributed by atoms with Crippen molar-refractivity contribution in [1.82, 2.24) is 5.32 Å². The summed E-state index contributed by atoms with van der Waals surface area (Å²) < 4.78 is 0. The van der Waals surface area contributed by atoms with Crippen LogP contribution in [-0.4, -0.2) is 12.5 Å². The lowest BCUT2D eigenvalue weighted by Crippen LogP contribution is -2.35. The third kappa shape index (κ3) is 3.12. The molecule has 1 aromatic carbocycles. The van der Waals surface area contributed by atoms with Gasteiger partial charge in [-0.3, -0.25) is 4.79 Å². The number of carbonyl (C=O) groups excluding carboxylic acids is 1. The highest BCUT2D eigenvalue weighted by molar-refractivity contribution is 5.91. The van der Waals surface area contributed by atoms with Crippen molar-refractivity contribution < 1.29 is 4.79 Å². The van der Waals surface area contributed by atoms with Gasteiger partial charge in [0.2, 0.25) is 5.91 Å². The van der Waals surface area contributed by atoms with E-state index in [0.717, 1.165) is 37.1 Å². The van der Waals surface area contributed by atoms with Crippen LogP contribution in [0.1, 0.15) is 50.5 Å². The maximum absolute atomic E-state index is 12.5. The Morgan fingerprint density at radius 1 is 1.19 bits per heavy atom. The molecule has 0 saturated heterocycles. The Morgan fingerprint density at radius 3 is 2.57 bits per heavy atom. The highest BCUT2D eigenvalue weighted by Gasteiger charge is 2.50. The number of carbonyl (C=O) groups is 1. The summed E-state index contributed by atoms with van der Waals surface area (Å²) in [4.78, 5) is 12.5. The first kappa shape index (κ1) is 14.2.